The van der Waals surface area contributed by atoms with Gasteiger partial charge in [0.2, 0.25) is 5.43 Å². The molecule has 0 aliphatic heterocycles. The van der Waals surface area contributed by atoms with Crippen LogP contribution in [0.15, 0.2) is 11.0 Å². The number of esters is 2. The second-order valence-corrected chi connectivity index (χ2v) is 4.17. The molecule has 0 bridgehead atoms. The number of rotatable bonds is 6. The fourth-order valence-electron chi connectivity index (χ4n) is 1.62. The zero-order valence-corrected chi connectivity index (χ0v) is 12.3. The fraction of sp³-hybridized carbons (Fsp3) is 0.385. The standard InChI is InChI=1S/C13H14ClNO6/c1-3-20-12(18)8-7-15(5-6-16)10(9(14)11(8)17)13(19)21-4-2/h6-7H,3-5H2,1-2H3. The van der Waals surface area contributed by atoms with Gasteiger partial charge in [-0.1, -0.05) is 11.6 Å². The molecule has 21 heavy (non-hydrogen) atoms. The molecule has 0 aliphatic carbocycles. The van der Waals surface area contributed by atoms with Crippen molar-refractivity contribution in [1.29, 1.82) is 0 Å². The molecule has 1 aromatic rings. The van der Waals surface area contributed by atoms with E-state index < -0.39 is 22.4 Å². The lowest BCUT2D eigenvalue weighted by atomic mass is 10.2. The van der Waals surface area contributed by atoms with Crippen LogP contribution < -0.4 is 5.43 Å². The smallest absolute Gasteiger partial charge is 0.356 e. The topological polar surface area (TPSA) is 91.7 Å². The van der Waals surface area contributed by atoms with Crippen molar-refractivity contribution in [3.05, 3.63) is 32.7 Å². The molecular formula is C13H14ClNO6. The highest BCUT2D eigenvalue weighted by Crippen LogP contribution is 2.15. The third-order valence-corrected chi connectivity index (χ3v) is 2.81. The molecule has 0 amide bonds. The van der Waals surface area contributed by atoms with E-state index in [0.29, 0.717) is 6.29 Å². The van der Waals surface area contributed by atoms with Crippen molar-refractivity contribution in [1.82, 2.24) is 4.57 Å². The van der Waals surface area contributed by atoms with Gasteiger partial charge >= 0.3 is 11.9 Å². The largest absolute Gasteiger partial charge is 0.462 e. The summed E-state index contributed by atoms with van der Waals surface area (Å²) in [6.07, 6.45) is 1.56. The van der Waals surface area contributed by atoms with Crippen molar-refractivity contribution in [2.45, 2.75) is 20.4 Å². The van der Waals surface area contributed by atoms with Crippen molar-refractivity contribution >= 4 is 29.8 Å². The van der Waals surface area contributed by atoms with Crippen molar-refractivity contribution in [2.24, 2.45) is 0 Å². The molecule has 1 aromatic heterocycles. The summed E-state index contributed by atoms with van der Waals surface area (Å²) in [5.41, 5.74) is -1.47. The molecule has 7 nitrogen and oxygen atoms in total. The number of ether oxygens (including phenoxy) is 2. The molecule has 0 N–H and O–H groups in total. The van der Waals surface area contributed by atoms with E-state index in [4.69, 9.17) is 21.1 Å². The maximum atomic E-state index is 12.0. The van der Waals surface area contributed by atoms with E-state index >= 15 is 0 Å². The first-order valence-corrected chi connectivity index (χ1v) is 6.56. The Morgan fingerprint density at radius 3 is 2.33 bits per heavy atom. The van der Waals surface area contributed by atoms with Crippen molar-refractivity contribution < 1.29 is 23.9 Å². The predicted octanol–water partition coefficient (Wildman–Crippen LogP) is 1.05. The van der Waals surface area contributed by atoms with Crippen LogP contribution in [0.3, 0.4) is 0 Å². The van der Waals surface area contributed by atoms with Gasteiger partial charge in [0.05, 0.1) is 19.8 Å². The Morgan fingerprint density at radius 2 is 1.81 bits per heavy atom. The first kappa shape index (κ1) is 16.9. The van der Waals surface area contributed by atoms with Crippen LogP contribution in [0.1, 0.15) is 34.7 Å². The molecule has 0 radical (unpaired) electrons. The van der Waals surface area contributed by atoms with Crippen molar-refractivity contribution in [2.75, 3.05) is 13.2 Å². The van der Waals surface area contributed by atoms with Gasteiger partial charge in [-0.3, -0.25) is 4.79 Å². The summed E-state index contributed by atoms with van der Waals surface area (Å²) in [7, 11) is 0. The van der Waals surface area contributed by atoms with Crippen molar-refractivity contribution in [3.8, 4) is 0 Å². The highest BCUT2D eigenvalue weighted by molar-refractivity contribution is 6.33. The average molecular weight is 316 g/mol. The summed E-state index contributed by atoms with van der Waals surface area (Å²) >= 11 is 5.86. The van der Waals surface area contributed by atoms with E-state index in [2.05, 4.69) is 0 Å². The Hall–Kier alpha value is -2.15. The molecule has 0 fully saturated rings. The molecule has 0 aliphatic rings. The number of aldehydes is 1. The summed E-state index contributed by atoms with van der Waals surface area (Å²) in [5.74, 6) is -1.73. The first-order valence-electron chi connectivity index (χ1n) is 6.18. The van der Waals surface area contributed by atoms with Gasteiger partial charge in [0.25, 0.3) is 0 Å². The first-order chi connectivity index (χ1) is 9.97. The highest BCUT2D eigenvalue weighted by atomic mass is 35.5. The normalized spacial score (nSPS) is 10.0. The second-order valence-electron chi connectivity index (χ2n) is 3.79. The molecule has 0 spiro atoms. The van der Waals surface area contributed by atoms with Crippen LogP contribution >= 0.6 is 11.6 Å². The van der Waals surface area contributed by atoms with Gasteiger partial charge in [0, 0.05) is 6.20 Å². The lowest BCUT2D eigenvalue weighted by Crippen LogP contribution is -2.26. The van der Waals surface area contributed by atoms with Crippen LogP contribution in [0.2, 0.25) is 5.02 Å². The Labute approximate surface area is 125 Å². The van der Waals surface area contributed by atoms with Gasteiger partial charge in [-0.2, -0.15) is 0 Å². The molecule has 114 valence electrons. The third kappa shape index (κ3) is 3.69. The van der Waals surface area contributed by atoms with Gasteiger partial charge in [0.1, 0.15) is 16.9 Å². The Balaban J connectivity index is 3.49. The number of aromatic nitrogens is 1. The van der Waals surface area contributed by atoms with Gasteiger partial charge in [-0.15, -0.1) is 0 Å². The molecule has 0 atom stereocenters. The zero-order valence-electron chi connectivity index (χ0n) is 11.6. The van der Waals surface area contributed by atoms with E-state index in [0.717, 1.165) is 10.8 Å². The zero-order chi connectivity index (χ0) is 16.0. The molecule has 0 saturated heterocycles. The summed E-state index contributed by atoms with van der Waals surface area (Å²) in [4.78, 5) is 46.2. The Bertz CT molecular complexity index is 622. The number of hydrogen-bond donors (Lipinski definition) is 0. The van der Waals surface area contributed by atoms with E-state index in [-0.39, 0.29) is 31.0 Å². The minimum atomic E-state index is -0.876. The third-order valence-electron chi connectivity index (χ3n) is 2.46. The minimum absolute atomic E-state index is 0.0726. The molecule has 0 saturated carbocycles. The average Bonchev–Trinajstić information content (AvgIpc) is 2.43. The maximum Gasteiger partial charge on any atom is 0.356 e. The van der Waals surface area contributed by atoms with E-state index in [1.54, 1.807) is 13.8 Å². The lowest BCUT2D eigenvalue weighted by molar-refractivity contribution is -0.108. The summed E-state index contributed by atoms with van der Waals surface area (Å²) in [6, 6.07) is 0. The Kier molecular flexibility index (Phi) is 6.10. The second kappa shape index (κ2) is 7.58. The number of halogens is 1. The predicted molar refractivity (Wildman–Crippen MR) is 73.7 cm³/mol. The SMILES string of the molecule is CCOC(=O)c1cn(CC=O)c(C(=O)OCC)c(Cl)c1=O. The molecule has 8 heteroatoms. The Morgan fingerprint density at radius 1 is 1.24 bits per heavy atom. The minimum Gasteiger partial charge on any atom is -0.462 e. The quantitative estimate of drug-likeness (QED) is 0.575. The van der Waals surface area contributed by atoms with Gasteiger partial charge in [-0.25, -0.2) is 9.59 Å². The summed E-state index contributed by atoms with van der Waals surface area (Å²) in [6.45, 7) is 3.05. The van der Waals surface area contributed by atoms with Gasteiger partial charge < -0.3 is 18.8 Å². The van der Waals surface area contributed by atoms with E-state index in [9.17, 15) is 19.2 Å². The van der Waals surface area contributed by atoms with E-state index in [1.807, 2.05) is 0 Å². The molecular weight excluding hydrogens is 302 g/mol. The molecule has 0 aromatic carbocycles. The van der Waals surface area contributed by atoms with Crippen LogP contribution in [0.5, 0.6) is 0 Å². The van der Waals surface area contributed by atoms with Gasteiger partial charge in [0.15, 0.2) is 5.69 Å². The van der Waals surface area contributed by atoms with Crippen LogP contribution in [0.25, 0.3) is 0 Å². The highest BCUT2D eigenvalue weighted by Gasteiger charge is 2.24. The monoisotopic (exact) mass is 315 g/mol. The number of pyridine rings is 1. The lowest BCUT2D eigenvalue weighted by Gasteiger charge is -2.13. The molecule has 1 heterocycles. The van der Waals surface area contributed by atoms with Crippen LogP contribution in [0.4, 0.5) is 0 Å². The fourth-order valence-corrected chi connectivity index (χ4v) is 1.90. The van der Waals surface area contributed by atoms with Gasteiger partial charge in [-0.05, 0) is 13.8 Å². The number of carbonyl (C=O) groups excluding carboxylic acids is 3. The number of carbonyl (C=O) groups is 3. The van der Waals surface area contributed by atoms with Crippen LogP contribution in [-0.2, 0) is 20.8 Å². The molecule has 0 unspecified atom stereocenters. The maximum absolute atomic E-state index is 12.0. The summed E-state index contributed by atoms with van der Waals surface area (Å²) < 4.78 is 10.6. The number of hydrogen-bond acceptors (Lipinski definition) is 6. The number of nitrogens with zero attached hydrogens (tertiary/aromatic N) is 1. The van der Waals surface area contributed by atoms with Crippen LogP contribution in [-0.4, -0.2) is 36.0 Å². The van der Waals surface area contributed by atoms with Crippen molar-refractivity contribution in [3.63, 3.8) is 0 Å². The molecule has 1 rings (SSSR count). The van der Waals surface area contributed by atoms with E-state index in [1.165, 1.54) is 0 Å². The van der Waals surface area contributed by atoms with Crippen LogP contribution in [0, 0.1) is 0 Å². The summed E-state index contributed by atoms with van der Waals surface area (Å²) in [5, 5.41) is -0.485.